The van der Waals surface area contributed by atoms with Crippen molar-refractivity contribution in [1.82, 2.24) is 0 Å². The number of ether oxygens (including phenoxy) is 1. The molecule has 0 saturated heterocycles. The average Bonchev–Trinajstić information content (AvgIpc) is 2.42. The van der Waals surface area contributed by atoms with Gasteiger partial charge in [-0.15, -0.1) is 6.58 Å². The van der Waals surface area contributed by atoms with Crippen LogP contribution < -0.4 is 15.4 Å². The molecule has 1 aromatic rings. The number of hydrogen-bond acceptors (Lipinski definition) is 3. The molecule has 0 radical (unpaired) electrons. The molecule has 4 nitrogen and oxygen atoms in total. The lowest BCUT2D eigenvalue weighted by atomic mass is 9.96. The van der Waals surface area contributed by atoms with Gasteiger partial charge in [-0.05, 0) is 30.5 Å². The van der Waals surface area contributed by atoms with Gasteiger partial charge in [0.25, 0.3) is 5.91 Å². The summed E-state index contributed by atoms with van der Waals surface area (Å²) in [5.41, 5.74) is 7.98. The summed E-state index contributed by atoms with van der Waals surface area (Å²) in [4.78, 5) is 13.9. The Morgan fingerprint density at radius 3 is 2.80 bits per heavy atom. The first kappa shape index (κ1) is 14.6. The van der Waals surface area contributed by atoms with Gasteiger partial charge in [-0.1, -0.05) is 26.0 Å². The lowest BCUT2D eigenvalue weighted by molar-refractivity contribution is -0.125. The van der Waals surface area contributed by atoms with Crippen molar-refractivity contribution in [1.29, 1.82) is 0 Å². The van der Waals surface area contributed by atoms with Gasteiger partial charge in [0.15, 0.2) is 6.10 Å². The molecule has 0 saturated carbocycles. The van der Waals surface area contributed by atoms with E-state index < -0.39 is 6.10 Å². The molecule has 2 atom stereocenters. The van der Waals surface area contributed by atoms with E-state index in [1.165, 1.54) is 0 Å². The fourth-order valence-corrected chi connectivity index (χ4v) is 2.33. The van der Waals surface area contributed by atoms with Gasteiger partial charge in [-0.3, -0.25) is 4.79 Å². The summed E-state index contributed by atoms with van der Waals surface area (Å²) in [6, 6.07) is 5.76. The third-order valence-corrected chi connectivity index (χ3v) is 3.61. The quantitative estimate of drug-likeness (QED) is 0.859. The zero-order valence-corrected chi connectivity index (χ0v) is 12.3. The van der Waals surface area contributed by atoms with Crippen molar-refractivity contribution in [2.24, 2.45) is 11.7 Å². The second-order valence-electron chi connectivity index (χ2n) is 5.49. The predicted molar refractivity (Wildman–Crippen MR) is 80.8 cm³/mol. The summed E-state index contributed by atoms with van der Waals surface area (Å²) in [6.07, 6.45) is 1.25. The van der Waals surface area contributed by atoms with Crippen LogP contribution in [0.5, 0.6) is 5.75 Å². The summed E-state index contributed by atoms with van der Waals surface area (Å²) < 4.78 is 5.65. The minimum Gasteiger partial charge on any atom is -0.479 e. The minimum absolute atomic E-state index is 0.0485. The van der Waals surface area contributed by atoms with Crippen molar-refractivity contribution < 1.29 is 9.53 Å². The summed E-state index contributed by atoms with van der Waals surface area (Å²) in [6.45, 7) is 10.1. The third kappa shape index (κ3) is 2.56. The molecule has 108 valence electrons. The van der Waals surface area contributed by atoms with Crippen molar-refractivity contribution in [2.45, 2.75) is 32.9 Å². The van der Waals surface area contributed by atoms with E-state index in [4.69, 9.17) is 10.5 Å². The van der Waals surface area contributed by atoms with Crippen LogP contribution in [0.2, 0.25) is 0 Å². The normalized spacial score (nSPS) is 19.6. The maximum Gasteiger partial charge on any atom is 0.268 e. The van der Waals surface area contributed by atoms with Crippen LogP contribution in [0.1, 0.15) is 32.4 Å². The Kier molecular flexibility index (Phi) is 4.14. The summed E-state index contributed by atoms with van der Waals surface area (Å²) in [5.74, 6) is 1.01. The van der Waals surface area contributed by atoms with Crippen LogP contribution in [-0.4, -0.2) is 18.6 Å². The molecular formula is C16H22N2O2. The average molecular weight is 274 g/mol. The fraction of sp³-hybridized carbons (Fsp3) is 0.438. The van der Waals surface area contributed by atoms with E-state index in [-0.39, 0.29) is 11.9 Å². The minimum atomic E-state index is -0.466. The zero-order chi connectivity index (χ0) is 14.9. The van der Waals surface area contributed by atoms with Crippen molar-refractivity contribution in [3.63, 3.8) is 0 Å². The highest BCUT2D eigenvalue weighted by Gasteiger charge is 2.31. The SMILES string of the molecule is C=CCN1C(=O)C(C)Oc2ccc(C(N)C(C)C)cc21. The fourth-order valence-electron chi connectivity index (χ4n) is 2.33. The highest BCUT2D eigenvalue weighted by Crippen LogP contribution is 2.36. The highest BCUT2D eigenvalue weighted by atomic mass is 16.5. The van der Waals surface area contributed by atoms with Gasteiger partial charge in [0.2, 0.25) is 0 Å². The molecule has 4 heteroatoms. The van der Waals surface area contributed by atoms with Crippen molar-refractivity contribution in [3.8, 4) is 5.75 Å². The van der Waals surface area contributed by atoms with Crippen LogP contribution in [0.15, 0.2) is 30.9 Å². The number of amides is 1. The maximum absolute atomic E-state index is 12.2. The molecule has 0 fully saturated rings. The number of carbonyl (C=O) groups is 1. The van der Waals surface area contributed by atoms with E-state index in [9.17, 15) is 4.79 Å². The molecule has 2 N–H and O–H groups in total. The van der Waals surface area contributed by atoms with Gasteiger partial charge >= 0.3 is 0 Å². The molecule has 1 heterocycles. The summed E-state index contributed by atoms with van der Waals surface area (Å²) >= 11 is 0. The van der Waals surface area contributed by atoms with Crippen LogP contribution in [0, 0.1) is 5.92 Å². The van der Waals surface area contributed by atoms with E-state index in [0.29, 0.717) is 12.5 Å². The van der Waals surface area contributed by atoms with E-state index in [0.717, 1.165) is 17.0 Å². The van der Waals surface area contributed by atoms with Gasteiger partial charge in [0.1, 0.15) is 5.75 Å². The Labute approximate surface area is 120 Å². The van der Waals surface area contributed by atoms with Crippen LogP contribution in [0.3, 0.4) is 0 Å². The second kappa shape index (κ2) is 5.67. The number of rotatable bonds is 4. The Morgan fingerprint density at radius 1 is 1.50 bits per heavy atom. The number of benzene rings is 1. The van der Waals surface area contributed by atoms with Crippen LogP contribution in [-0.2, 0) is 4.79 Å². The van der Waals surface area contributed by atoms with Crippen LogP contribution in [0.25, 0.3) is 0 Å². The number of anilines is 1. The summed E-state index contributed by atoms with van der Waals surface area (Å²) in [5, 5.41) is 0. The first-order chi connectivity index (χ1) is 9.45. The number of hydrogen-bond donors (Lipinski definition) is 1. The molecule has 0 spiro atoms. The first-order valence-electron chi connectivity index (χ1n) is 6.94. The molecule has 0 aromatic heterocycles. The number of fused-ring (bicyclic) bond motifs is 1. The molecule has 1 aliphatic rings. The van der Waals surface area contributed by atoms with Crippen LogP contribution in [0.4, 0.5) is 5.69 Å². The first-order valence-corrected chi connectivity index (χ1v) is 6.94. The third-order valence-electron chi connectivity index (χ3n) is 3.61. The Bertz CT molecular complexity index is 525. The lowest BCUT2D eigenvalue weighted by Crippen LogP contribution is -2.44. The van der Waals surface area contributed by atoms with Gasteiger partial charge in [0.05, 0.1) is 5.69 Å². The van der Waals surface area contributed by atoms with Crippen LogP contribution >= 0.6 is 0 Å². The molecule has 2 rings (SSSR count). The van der Waals surface area contributed by atoms with Crippen molar-refractivity contribution in [3.05, 3.63) is 36.4 Å². The molecule has 0 aliphatic carbocycles. The molecule has 1 aliphatic heterocycles. The second-order valence-corrected chi connectivity index (χ2v) is 5.49. The monoisotopic (exact) mass is 274 g/mol. The Balaban J connectivity index is 2.44. The zero-order valence-electron chi connectivity index (χ0n) is 12.3. The van der Waals surface area contributed by atoms with E-state index in [2.05, 4.69) is 20.4 Å². The van der Waals surface area contributed by atoms with Crippen molar-refractivity contribution >= 4 is 11.6 Å². The van der Waals surface area contributed by atoms with E-state index in [1.54, 1.807) is 17.9 Å². The summed E-state index contributed by atoms with van der Waals surface area (Å²) in [7, 11) is 0. The van der Waals surface area contributed by atoms with Gasteiger partial charge in [-0.2, -0.15) is 0 Å². The molecule has 1 amide bonds. The number of nitrogens with zero attached hydrogens (tertiary/aromatic N) is 1. The number of carbonyl (C=O) groups excluding carboxylic acids is 1. The largest absolute Gasteiger partial charge is 0.479 e. The Morgan fingerprint density at radius 2 is 2.20 bits per heavy atom. The van der Waals surface area contributed by atoms with Gasteiger partial charge in [-0.25, -0.2) is 0 Å². The van der Waals surface area contributed by atoms with Gasteiger partial charge < -0.3 is 15.4 Å². The van der Waals surface area contributed by atoms with E-state index >= 15 is 0 Å². The smallest absolute Gasteiger partial charge is 0.268 e. The molecular weight excluding hydrogens is 252 g/mol. The Hall–Kier alpha value is -1.81. The van der Waals surface area contributed by atoms with Crippen molar-refractivity contribution in [2.75, 3.05) is 11.4 Å². The molecule has 1 aromatic carbocycles. The predicted octanol–water partition coefficient (Wildman–Crippen LogP) is 2.64. The molecule has 2 unspecified atom stereocenters. The molecule has 0 bridgehead atoms. The van der Waals surface area contributed by atoms with E-state index in [1.807, 2.05) is 18.2 Å². The highest BCUT2D eigenvalue weighted by molar-refractivity contribution is 6.00. The van der Waals surface area contributed by atoms with Gasteiger partial charge in [0, 0.05) is 12.6 Å². The number of nitrogens with two attached hydrogens (primary N) is 1. The maximum atomic E-state index is 12.2. The topological polar surface area (TPSA) is 55.6 Å². The molecule has 20 heavy (non-hydrogen) atoms. The lowest BCUT2D eigenvalue weighted by Gasteiger charge is -2.33. The standard InChI is InChI=1S/C16H22N2O2/c1-5-8-18-13-9-12(15(17)10(2)3)6-7-14(13)20-11(4)16(18)19/h5-7,9-11,15H,1,8,17H2,2-4H3.